The molecule has 0 atom stereocenters. The van der Waals surface area contributed by atoms with Gasteiger partial charge < -0.3 is 18.9 Å². The van der Waals surface area contributed by atoms with Gasteiger partial charge in [0.15, 0.2) is 18.1 Å². The van der Waals surface area contributed by atoms with Crippen LogP contribution < -0.4 is 18.9 Å². The van der Waals surface area contributed by atoms with Gasteiger partial charge in [-0.2, -0.15) is 18.4 Å². The van der Waals surface area contributed by atoms with E-state index in [9.17, 15) is 18.0 Å². The van der Waals surface area contributed by atoms with Crippen molar-refractivity contribution in [1.82, 2.24) is 4.98 Å². The Morgan fingerprint density at radius 2 is 1.68 bits per heavy atom. The van der Waals surface area contributed by atoms with Gasteiger partial charge in [0.05, 0.1) is 21.5 Å². The second-order valence-corrected chi connectivity index (χ2v) is 9.24. The average Bonchev–Trinajstić information content (AvgIpc) is 2.93. The van der Waals surface area contributed by atoms with Gasteiger partial charge in [-0.3, -0.25) is 9.78 Å². The molecule has 204 valence electrons. The Kier molecular flexibility index (Phi) is 7.67. The highest BCUT2D eigenvalue weighted by Crippen LogP contribution is 2.48. The molecule has 0 saturated heterocycles. The first kappa shape index (κ1) is 27.1. The van der Waals surface area contributed by atoms with Crippen molar-refractivity contribution in [2.24, 2.45) is 0 Å². The van der Waals surface area contributed by atoms with Gasteiger partial charge in [0.2, 0.25) is 5.75 Å². The van der Waals surface area contributed by atoms with Crippen LogP contribution in [0, 0.1) is 11.3 Å². The highest BCUT2D eigenvalue weighted by atomic mass is 35.5. The van der Waals surface area contributed by atoms with E-state index in [2.05, 4.69) is 4.98 Å². The molecular formula is C29H20ClF3N2O5. The van der Waals surface area contributed by atoms with Crippen molar-refractivity contribution < 1.29 is 36.9 Å². The number of ketones is 1. The summed E-state index contributed by atoms with van der Waals surface area (Å²) >= 11 is 5.66. The Balaban J connectivity index is 1.32. The number of hydrogen-bond donors (Lipinski definition) is 0. The number of halogens is 4. The van der Waals surface area contributed by atoms with E-state index in [1.54, 1.807) is 42.6 Å². The molecule has 0 fully saturated rings. The molecule has 40 heavy (non-hydrogen) atoms. The summed E-state index contributed by atoms with van der Waals surface area (Å²) in [6, 6.07) is 15.5. The Morgan fingerprint density at radius 1 is 0.975 bits per heavy atom. The lowest BCUT2D eigenvalue weighted by atomic mass is 10.0. The topological polar surface area (TPSA) is 90.7 Å². The number of aromatic nitrogens is 1. The summed E-state index contributed by atoms with van der Waals surface area (Å²) in [6.45, 7) is 0.467. The lowest BCUT2D eigenvalue weighted by Gasteiger charge is -2.23. The Bertz CT molecular complexity index is 1620. The summed E-state index contributed by atoms with van der Waals surface area (Å²) in [5.41, 5.74) is 0.471. The highest BCUT2D eigenvalue weighted by molar-refractivity contribution is 6.31. The fraction of sp³-hybridized carbons (Fsp3) is 0.207. The van der Waals surface area contributed by atoms with E-state index in [0.29, 0.717) is 58.4 Å². The summed E-state index contributed by atoms with van der Waals surface area (Å²) in [7, 11) is 0. The maximum Gasteiger partial charge on any atom is 0.417 e. The Hall–Kier alpha value is -4.49. The molecule has 0 N–H and O–H groups in total. The monoisotopic (exact) mass is 568 g/mol. The maximum absolute atomic E-state index is 13.1. The molecule has 5 rings (SSSR count). The molecule has 2 heterocycles. The molecule has 3 aromatic carbocycles. The summed E-state index contributed by atoms with van der Waals surface area (Å²) in [4.78, 5) is 17.0. The first-order chi connectivity index (χ1) is 19.2. The van der Waals surface area contributed by atoms with Crippen LogP contribution in [0.5, 0.6) is 28.7 Å². The second kappa shape index (κ2) is 11.3. The van der Waals surface area contributed by atoms with Crippen molar-refractivity contribution in [2.75, 3.05) is 19.8 Å². The van der Waals surface area contributed by atoms with Crippen LogP contribution in [0.4, 0.5) is 13.2 Å². The molecule has 4 aromatic rings. The van der Waals surface area contributed by atoms with Gasteiger partial charge in [-0.15, -0.1) is 0 Å². The molecule has 0 saturated carbocycles. The number of nitrogens with zero attached hydrogens (tertiary/aromatic N) is 2. The minimum absolute atomic E-state index is 0.0343. The molecule has 0 unspecified atom stereocenters. The number of alkyl halides is 3. The van der Waals surface area contributed by atoms with Gasteiger partial charge in [-0.25, -0.2) is 0 Å². The quantitative estimate of drug-likeness (QED) is 0.233. The van der Waals surface area contributed by atoms with E-state index in [4.69, 9.17) is 35.8 Å². The van der Waals surface area contributed by atoms with Crippen molar-refractivity contribution in [2.45, 2.75) is 19.0 Å². The SMILES string of the molecule is N#CCOc1cc2nccc(Oc3ccc(CC(=O)Cc4ccc(Cl)c(C(F)(F)F)c4)cc3)c2c2c1OCCO2. The predicted octanol–water partition coefficient (Wildman–Crippen LogP) is 6.73. The third-order valence-corrected chi connectivity index (χ3v) is 6.35. The summed E-state index contributed by atoms with van der Waals surface area (Å²) in [5.74, 6) is 1.79. The third-order valence-electron chi connectivity index (χ3n) is 6.03. The fourth-order valence-corrected chi connectivity index (χ4v) is 4.52. The molecule has 0 bridgehead atoms. The predicted molar refractivity (Wildman–Crippen MR) is 139 cm³/mol. The van der Waals surface area contributed by atoms with Crippen molar-refractivity contribution in [3.8, 4) is 34.8 Å². The summed E-state index contributed by atoms with van der Waals surface area (Å²) in [5, 5.41) is 9.05. The minimum Gasteiger partial charge on any atom is -0.485 e. The molecule has 0 amide bonds. The minimum atomic E-state index is -4.60. The summed E-state index contributed by atoms with van der Waals surface area (Å²) in [6.07, 6.45) is -3.16. The third kappa shape index (κ3) is 5.90. The largest absolute Gasteiger partial charge is 0.485 e. The number of pyridine rings is 1. The van der Waals surface area contributed by atoms with E-state index >= 15 is 0 Å². The zero-order valence-electron chi connectivity index (χ0n) is 20.8. The van der Waals surface area contributed by atoms with Gasteiger partial charge >= 0.3 is 6.18 Å². The van der Waals surface area contributed by atoms with Crippen LogP contribution in [-0.2, 0) is 23.8 Å². The number of rotatable bonds is 8. The number of nitriles is 1. The van der Waals surface area contributed by atoms with Crippen LogP contribution in [0.2, 0.25) is 5.02 Å². The molecular weight excluding hydrogens is 549 g/mol. The van der Waals surface area contributed by atoms with Crippen LogP contribution in [-0.4, -0.2) is 30.6 Å². The number of benzene rings is 3. The number of ether oxygens (including phenoxy) is 4. The fourth-order valence-electron chi connectivity index (χ4n) is 4.30. The van der Waals surface area contributed by atoms with Gasteiger partial charge in [-0.1, -0.05) is 29.8 Å². The number of carbonyl (C=O) groups excluding carboxylic acids is 1. The zero-order chi connectivity index (χ0) is 28.3. The van der Waals surface area contributed by atoms with Crippen LogP contribution in [0.3, 0.4) is 0 Å². The number of carbonyl (C=O) groups is 1. The molecule has 0 spiro atoms. The molecule has 1 aliphatic heterocycles. The van der Waals surface area contributed by atoms with Gasteiger partial charge in [0.1, 0.15) is 36.6 Å². The normalized spacial score (nSPS) is 12.6. The maximum atomic E-state index is 13.1. The molecule has 7 nitrogen and oxygen atoms in total. The van der Waals surface area contributed by atoms with Gasteiger partial charge in [0.25, 0.3) is 0 Å². The lowest BCUT2D eigenvalue weighted by Crippen LogP contribution is -2.17. The number of Topliss-reactive ketones (excluding diaryl/α,β-unsaturated/α-hetero) is 1. The van der Waals surface area contributed by atoms with Crippen molar-refractivity contribution in [3.63, 3.8) is 0 Å². The summed E-state index contributed by atoms with van der Waals surface area (Å²) < 4.78 is 62.6. The van der Waals surface area contributed by atoms with Gasteiger partial charge in [0, 0.05) is 25.1 Å². The van der Waals surface area contributed by atoms with Crippen LogP contribution in [0.1, 0.15) is 16.7 Å². The van der Waals surface area contributed by atoms with Gasteiger partial charge in [-0.05, 0) is 41.5 Å². The van der Waals surface area contributed by atoms with E-state index in [1.165, 1.54) is 6.07 Å². The van der Waals surface area contributed by atoms with Crippen LogP contribution in [0.15, 0.2) is 60.8 Å². The Labute approximate surface area is 231 Å². The van der Waals surface area contributed by atoms with Crippen molar-refractivity contribution in [1.29, 1.82) is 5.26 Å². The second-order valence-electron chi connectivity index (χ2n) is 8.83. The molecule has 11 heteroatoms. The van der Waals surface area contributed by atoms with Crippen molar-refractivity contribution in [3.05, 3.63) is 82.5 Å². The first-order valence-corrected chi connectivity index (χ1v) is 12.5. The van der Waals surface area contributed by atoms with Crippen LogP contribution >= 0.6 is 11.6 Å². The highest BCUT2D eigenvalue weighted by Gasteiger charge is 2.33. The van der Waals surface area contributed by atoms with Crippen molar-refractivity contribution >= 4 is 28.3 Å². The first-order valence-electron chi connectivity index (χ1n) is 12.1. The smallest absolute Gasteiger partial charge is 0.417 e. The molecule has 1 aliphatic rings. The Morgan fingerprint density at radius 3 is 2.40 bits per heavy atom. The molecule has 1 aromatic heterocycles. The molecule has 0 aliphatic carbocycles. The lowest BCUT2D eigenvalue weighted by molar-refractivity contribution is -0.137. The van der Waals surface area contributed by atoms with E-state index in [1.807, 2.05) is 6.07 Å². The van der Waals surface area contributed by atoms with E-state index in [-0.39, 0.29) is 30.8 Å². The van der Waals surface area contributed by atoms with E-state index < -0.39 is 16.8 Å². The standard InChI is InChI=1S/C29H20ClF3N2O5/c30-22-6-3-18(15-21(22)29(31,32)33)14-19(36)13-17-1-4-20(5-2-17)40-24-7-9-35-23-16-25(37-10-8-34)27-28(26(23)24)39-12-11-38-27/h1-7,9,15-16H,10-14H2. The average molecular weight is 569 g/mol. The zero-order valence-corrected chi connectivity index (χ0v) is 21.5. The van der Waals surface area contributed by atoms with Crippen LogP contribution in [0.25, 0.3) is 10.9 Å². The van der Waals surface area contributed by atoms with E-state index in [0.717, 1.165) is 12.1 Å². The number of hydrogen-bond acceptors (Lipinski definition) is 7. The number of fused-ring (bicyclic) bond motifs is 3. The molecule has 0 radical (unpaired) electrons.